The zero-order chi connectivity index (χ0) is 38.4. The van der Waals surface area contributed by atoms with Crippen molar-refractivity contribution in [1.82, 2.24) is 9.13 Å². The maximum absolute atomic E-state index is 2.50. The standard InChI is InChI=1S/C56H38N2/c1-5-15-39(16-6-1)43-23-13-24-44(33-43)46-27-29-55-53(38-46)51-28-30-54-52(31-32-57(54)49-26-14-25-45(35-49)40-17-7-2-8-18-40)56(51)58(55)50-36-47(41-19-9-3-10-20-41)34-48(37-50)42-21-11-4-12-22-42/h1-38H. The van der Waals surface area contributed by atoms with E-state index < -0.39 is 0 Å². The molecule has 272 valence electrons. The highest BCUT2D eigenvalue weighted by atomic mass is 15.0. The van der Waals surface area contributed by atoms with Crippen LogP contribution in [0.3, 0.4) is 0 Å². The molecule has 0 spiro atoms. The first-order chi connectivity index (χ1) is 28.7. The second kappa shape index (κ2) is 14.1. The molecule has 11 rings (SSSR count). The Morgan fingerprint density at radius 1 is 0.241 bits per heavy atom. The van der Waals surface area contributed by atoms with E-state index in [-0.39, 0.29) is 0 Å². The molecule has 11 aromatic rings. The fourth-order valence-corrected chi connectivity index (χ4v) is 8.71. The van der Waals surface area contributed by atoms with Gasteiger partial charge in [-0.25, -0.2) is 0 Å². The number of rotatable bonds is 7. The van der Waals surface area contributed by atoms with Crippen LogP contribution in [0.1, 0.15) is 0 Å². The fraction of sp³-hybridized carbons (Fsp3) is 0. The summed E-state index contributed by atoms with van der Waals surface area (Å²) in [6.45, 7) is 0. The molecule has 2 aromatic heterocycles. The summed E-state index contributed by atoms with van der Waals surface area (Å²) in [4.78, 5) is 0. The molecule has 0 fully saturated rings. The van der Waals surface area contributed by atoms with Crippen molar-refractivity contribution in [1.29, 1.82) is 0 Å². The van der Waals surface area contributed by atoms with E-state index in [1.54, 1.807) is 0 Å². The van der Waals surface area contributed by atoms with Gasteiger partial charge in [-0.2, -0.15) is 0 Å². The fourth-order valence-electron chi connectivity index (χ4n) is 8.71. The molecule has 0 radical (unpaired) electrons. The van der Waals surface area contributed by atoms with Gasteiger partial charge in [0.2, 0.25) is 0 Å². The van der Waals surface area contributed by atoms with Crippen molar-refractivity contribution < 1.29 is 0 Å². The highest BCUT2D eigenvalue weighted by Gasteiger charge is 2.20. The van der Waals surface area contributed by atoms with Gasteiger partial charge in [-0.05, 0) is 116 Å². The van der Waals surface area contributed by atoms with Crippen molar-refractivity contribution in [2.24, 2.45) is 0 Å². The lowest BCUT2D eigenvalue weighted by Crippen LogP contribution is -1.97. The summed E-state index contributed by atoms with van der Waals surface area (Å²) < 4.78 is 4.83. The van der Waals surface area contributed by atoms with Gasteiger partial charge in [0.05, 0.1) is 16.6 Å². The van der Waals surface area contributed by atoms with Crippen molar-refractivity contribution >= 4 is 32.7 Å². The molecule has 0 unspecified atom stereocenters. The summed E-state index contributed by atoms with van der Waals surface area (Å²) >= 11 is 0. The number of fused-ring (bicyclic) bond motifs is 5. The normalized spacial score (nSPS) is 11.4. The van der Waals surface area contributed by atoms with Crippen molar-refractivity contribution in [2.75, 3.05) is 0 Å². The molecule has 0 saturated heterocycles. The summed E-state index contributed by atoms with van der Waals surface area (Å²) in [6, 6.07) is 81.5. The molecule has 0 aliphatic rings. The van der Waals surface area contributed by atoms with Crippen LogP contribution in [-0.4, -0.2) is 9.13 Å². The number of benzene rings is 9. The number of aromatic nitrogens is 2. The van der Waals surface area contributed by atoms with E-state index >= 15 is 0 Å². The summed E-state index contributed by atoms with van der Waals surface area (Å²) in [7, 11) is 0. The zero-order valence-corrected chi connectivity index (χ0v) is 31.8. The number of nitrogens with zero attached hydrogens (tertiary/aromatic N) is 2. The van der Waals surface area contributed by atoms with Crippen LogP contribution in [0.15, 0.2) is 231 Å². The summed E-state index contributed by atoms with van der Waals surface area (Å²) in [6.07, 6.45) is 2.23. The lowest BCUT2D eigenvalue weighted by Gasteiger charge is -2.15. The van der Waals surface area contributed by atoms with Crippen LogP contribution >= 0.6 is 0 Å². The van der Waals surface area contributed by atoms with Gasteiger partial charge < -0.3 is 9.13 Å². The minimum Gasteiger partial charge on any atom is -0.316 e. The summed E-state index contributed by atoms with van der Waals surface area (Å²) in [5.41, 5.74) is 17.8. The topological polar surface area (TPSA) is 9.86 Å². The third-order valence-corrected chi connectivity index (χ3v) is 11.5. The van der Waals surface area contributed by atoms with E-state index in [1.807, 2.05) is 0 Å². The van der Waals surface area contributed by atoms with Crippen LogP contribution < -0.4 is 0 Å². The predicted octanol–water partition coefficient (Wildman–Crippen LogP) is 15.1. The van der Waals surface area contributed by atoms with Gasteiger partial charge in [-0.1, -0.05) is 164 Å². The van der Waals surface area contributed by atoms with Crippen molar-refractivity contribution in [3.05, 3.63) is 231 Å². The maximum Gasteiger partial charge on any atom is 0.0635 e. The Bertz CT molecular complexity index is 3190. The minimum absolute atomic E-state index is 1.13. The van der Waals surface area contributed by atoms with Crippen molar-refractivity contribution in [3.63, 3.8) is 0 Å². The van der Waals surface area contributed by atoms with Crippen LogP contribution in [0.5, 0.6) is 0 Å². The Morgan fingerprint density at radius 3 is 1.29 bits per heavy atom. The smallest absolute Gasteiger partial charge is 0.0635 e. The van der Waals surface area contributed by atoms with Crippen LogP contribution in [0.25, 0.3) is 99.7 Å². The predicted molar refractivity (Wildman–Crippen MR) is 245 cm³/mol. The second-order valence-electron chi connectivity index (χ2n) is 15.0. The van der Waals surface area contributed by atoms with E-state index in [0.717, 1.165) is 11.4 Å². The Labute approximate surface area is 338 Å². The van der Waals surface area contributed by atoms with Crippen LogP contribution in [0.4, 0.5) is 0 Å². The van der Waals surface area contributed by atoms with Gasteiger partial charge in [-0.3, -0.25) is 0 Å². The van der Waals surface area contributed by atoms with Crippen molar-refractivity contribution in [3.8, 4) is 67.0 Å². The molecule has 0 N–H and O–H groups in total. The average molecular weight is 739 g/mol. The molecular weight excluding hydrogens is 701 g/mol. The Hall–Kier alpha value is -7.68. The maximum atomic E-state index is 2.50. The SMILES string of the molecule is c1ccc(-c2cccc(-c3ccc4c(c3)c3ccc5c(ccn5-c5cccc(-c6ccccc6)c5)c3n4-c3cc(-c4ccccc4)cc(-c4ccccc4)c3)c2)cc1. The van der Waals surface area contributed by atoms with Gasteiger partial charge >= 0.3 is 0 Å². The van der Waals surface area contributed by atoms with Gasteiger partial charge in [0, 0.05) is 33.7 Å². The first-order valence-electron chi connectivity index (χ1n) is 19.9. The Balaban J connectivity index is 1.17. The molecule has 0 amide bonds. The molecule has 0 aliphatic heterocycles. The van der Waals surface area contributed by atoms with Crippen LogP contribution in [0.2, 0.25) is 0 Å². The molecule has 9 aromatic carbocycles. The van der Waals surface area contributed by atoms with E-state index in [9.17, 15) is 0 Å². The quantitative estimate of drug-likeness (QED) is 0.154. The molecule has 0 bridgehead atoms. The van der Waals surface area contributed by atoms with E-state index in [2.05, 4.69) is 240 Å². The Kier molecular flexibility index (Phi) is 8.19. The third-order valence-electron chi connectivity index (χ3n) is 11.5. The summed E-state index contributed by atoms with van der Waals surface area (Å²) in [5, 5.41) is 3.66. The Morgan fingerprint density at radius 2 is 0.690 bits per heavy atom. The van der Waals surface area contributed by atoms with Gasteiger partial charge in [-0.15, -0.1) is 0 Å². The minimum atomic E-state index is 1.13. The van der Waals surface area contributed by atoms with Gasteiger partial charge in [0.1, 0.15) is 0 Å². The molecule has 58 heavy (non-hydrogen) atoms. The monoisotopic (exact) mass is 738 g/mol. The van der Waals surface area contributed by atoms with Crippen LogP contribution in [0, 0.1) is 0 Å². The second-order valence-corrected chi connectivity index (χ2v) is 15.0. The average Bonchev–Trinajstić information content (AvgIpc) is 3.90. The van der Waals surface area contributed by atoms with Gasteiger partial charge in [0.15, 0.2) is 0 Å². The van der Waals surface area contributed by atoms with E-state index in [1.165, 1.54) is 88.3 Å². The molecule has 0 atom stereocenters. The molecule has 0 saturated carbocycles. The molecule has 0 aliphatic carbocycles. The summed E-state index contributed by atoms with van der Waals surface area (Å²) in [5.74, 6) is 0. The molecule has 2 nitrogen and oxygen atoms in total. The molecule has 2 heteroatoms. The van der Waals surface area contributed by atoms with E-state index in [0.29, 0.717) is 0 Å². The number of hydrogen-bond acceptors (Lipinski definition) is 0. The molecule has 2 heterocycles. The van der Waals surface area contributed by atoms with Gasteiger partial charge in [0.25, 0.3) is 0 Å². The lowest BCUT2D eigenvalue weighted by atomic mass is 9.97. The third kappa shape index (κ3) is 5.91. The first-order valence-corrected chi connectivity index (χ1v) is 19.9. The largest absolute Gasteiger partial charge is 0.316 e. The zero-order valence-electron chi connectivity index (χ0n) is 31.8. The first kappa shape index (κ1) is 33.6. The van der Waals surface area contributed by atoms with Crippen molar-refractivity contribution in [2.45, 2.75) is 0 Å². The highest BCUT2D eigenvalue weighted by molar-refractivity contribution is 6.19. The highest BCUT2D eigenvalue weighted by Crippen LogP contribution is 2.41. The number of hydrogen-bond donors (Lipinski definition) is 0. The lowest BCUT2D eigenvalue weighted by molar-refractivity contribution is 1.13. The molecular formula is C56H38N2. The van der Waals surface area contributed by atoms with E-state index in [4.69, 9.17) is 0 Å². The van der Waals surface area contributed by atoms with Crippen LogP contribution in [-0.2, 0) is 0 Å².